The van der Waals surface area contributed by atoms with Gasteiger partial charge in [-0.25, -0.2) is 0 Å². The zero-order valence-electron chi connectivity index (χ0n) is 32.7. The SMILES string of the molecule is c1ccc(N(c2ccc(-c3cccc4c3ccc3ccccc34)cc2)c2ccc(-c3cccc4oc5c6ccccc6ccc5c34)cc2)c(-c2cccc3ccccc23)c1. The van der Waals surface area contributed by atoms with Gasteiger partial charge in [-0.05, 0) is 108 Å². The monoisotopic (exact) mass is 763 g/mol. The Balaban J connectivity index is 1.01. The van der Waals surface area contributed by atoms with Crippen LogP contribution in [0.3, 0.4) is 0 Å². The molecule has 1 heterocycles. The van der Waals surface area contributed by atoms with Crippen LogP contribution in [0.25, 0.3) is 98.4 Å². The molecule has 2 nitrogen and oxygen atoms in total. The topological polar surface area (TPSA) is 16.4 Å². The number of anilines is 3. The maximum absolute atomic E-state index is 6.57. The number of nitrogens with zero attached hydrogens (tertiary/aromatic N) is 1. The molecule has 12 aromatic rings. The van der Waals surface area contributed by atoms with Crippen LogP contribution < -0.4 is 4.90 Å². The lowest BCUT2D eigenvalue weighted by molar-refractivity contribution is 0.673. The summed E-state index contributed by atoms with van der Waals surface area (Å²) in [6.07, 6.45) is 0. The van der Waals surface area contributed by atoms with Crippen molar-refractivity contribution in [1.29, 1.82) is 0 Å². The number of furan rings is 1. The third-order valence-electron chi connectivity index (χ3n) is 12.3. The Bertz CT molecular complexity index is 3590. The van der Waals surface area contributed by atoms with Gasteiger partial charge in [-0.1, -0.05) is 182 Å². The molecule has 0 atom stereocenters. The first-order valence-electron chi connectivity index (χ1n) is 20.6. The fraction of sp³-hybridized carbons (Fsp3) is 0. The van der Waals surface area contributed by atoms with Crippen LogP contribution in [0.15, 0.2) is 229 Å². The number of benzene rings is 11. The highest BCUT2D eigenvalue weighted by molar-refractivity contribution is 6.19. The van der Waals surface area contributed by atoms with Gasteiger partial charge in [0.2, 0.25) is 0 Å². The van der Waals surface area contributed by atoms with Crippen molar-refractivity contribution in [2.75, 3.05) is 4.90 Å². The van der Waals surface area contributed by atoms with Gasteiger partial charge >= 0.3 is 0 Å². The lowest BCUT2D eigenvalue weighted by Gasteiger charge is -2.28. The molecule has 0 aliphatic carbocycles. The van der Waals surface area contributed by atoms with E-state index in [0.717, 1.165) is 55.5 Å². The standard InChI is InChI=1S/C58H37NO/c1-4-16-45-38(12-1)15-9-22-51(45)53-19-7-8-24-55(53)59(43-32-26-41(27-33-43)47-20-10-23-50-46-17-5-2-13-39(46)30-36-52(47)50)44-34-28-42(29-35-44)48-21-11-25-56-57(48)54-37-31-40-14-3-6-18-49(40)58(54)60-56/h1-37H. The Kier molecular flexibility index (Phi) is 7.89. The summed E-state index contributed by atoms with van der Waals surface area (Å²) in [7, 11) is 0. The summed E-state index contributed by atoms with van der Waals surface area (Å²) in [5.41, 5.74) is 12.2. The van der Waals surface area contributed by atoms with E-state index in [9.17, 15) is 0 Å². The van der Waals surface area contributed by atoms with Crippen LogP contribution in [0.1, 0.15) is 0 Å². The maximum Gasteiger partial charge on any atom is 0.143 e. The molecular weight excluding hydrogens is 727 g/mol. The molecule has 0 amide bonds. The fourth-order valence-electron chi connectivity index (χ4n) is 9.45. The van der Waals surface area contributed by atoms with Crippen molar-refractivity contribution in [2.24, 2.45) is 0 Å². The van der Waals surface area contributed by atoms with E-state index in [2.05, 4.69) is 229 Å². The van der Waals surface area contributed by atoms with Gasteiger partial charge in [-0.3, -0.25) is 0 Å². The first-order valence-corrected chi connectivity index (χ1v) is 20.6. The van der Waals surface area contributed by atoms with Crippen molar-refractivity contribution in [1.82, 2.24) is 0 Å². The lowest BCUT2D eigenvalue weighted by Crippen LogP contribution is -2.11. The molecule has 2 heteroatoms. The zero-order chi connectivity index (χ0) is 39.6. The van der Waals surface area contributed by atoms with Crippen LogP contribution in [0.5, 0.6) is 0 Å². The van der Waals surface area contributed by atoms with Gasteiger partial charge in [0.15, 0.2) is 0 Å². The molecule has 0 saturated carbocycles. The van der Waals surface area contributed by atoms with E-state index >= 15 is 0 Å². The van der Waals surface area contributed by atoms with Crippen molar-refractivity contribution < 1.29 is 4.42 Å². The van der Waals surface area contributed by atoms with Crippen molar-refractivity contribution in [3.05, 3.63) is 224 Å². The highest BCUT2D eigenvalue weighted by atomic mass is 16.3. The van der Waals surface area contributed by atoms with E-state index < -0.39 is 0 Å². The third-order valence-corrected chi connectivity index (χ3v) is 12.3. The second kappa shape index (κ2) is 13.9. The first-order chi connectivity index (χ1) is 29.8. The minimum Gasteiger partial charge on any atom is -0.455 e. The van der Waals surface area contributed by atoms with Crippen molar-refractivity contribution in [3.8, 4) is 33.4 Å². The predicted molar refractivity (Wildman–Crippen MR) is 255 cm³/mol. The van der Waals surface area contributed by atoms with Gasteiger partial charge in [0.25, 0.3) is 0 Å². The first kappa shape index (κ1) is 34.1. The molecular formula is C58H37NO. The summed E-state index contributed by atoms with van der Waals surface area (Å²) in [6, 6.07) is 81.2. The van der Waals surface area contributed by atoms with Crippen molar-refractivity contribution >= 4 is 82.1 Å². The number of hydrogen-bond donors (Lipinski definition) is 0. The van der Waals surface area contributed by atoms with Crippen LogP contribution in [-0.4, -0.2) is 0 Å². The van der Waals surface area contributed by atoms with Gasteiger partial charge in [0.1, 0.15) is 11.2 Å². The number of hydrogen-bond acceptors (Lipinski definition) is 2. The normalized spacial score (nSPS) is 11.7. The zero-order valence-corrected chi connectivity index (χ0v) is 32.7. The molecule has 0 saturated heterocycles. The van der Waals surface area contributed by atoms with Crippen LogP contribution in [0.2, 0.25) is 0 Å². The second-order valence-corrected chi connectivity index (χ2v) is 15.6. The molecule has 280 valence electrons. The summed E-state index contributed by atoms with van der Waals surface area (Å²) in [4.78, 5) is 2.40. The number of para-hydroxylation sites is 1. The smallest absolute Gasteiger partial charge is 0.143 e. The van der Waals surface area contributed by atoms with E-state index in [1.807, 2.05) is 0 Å². The van der Waals surface area contributed by atoms with Gasteiger partial charge in [0, 0.05) is 33.1 Å². The lowest BCUT2D eigenvalue weighted by atomic mass is 9.94. The molecule has 0 aliphatic heterocycles. The van der Waals surface area contributed by atoms with E-state index in [1.54, 1.807) is 0 Å². The Morgan fingerprint density at radius 1 is 0.283 bits per heavy atom. The molecule has 12 rings (SSSR count). The minimum atomic E-state index is 0.896. The second-order valence-electron chi connectivity index (χ2n) is 15.6. The summed E-state index contributed by atoms with van der Waals surface area (Å²) in [6.45, 7) is 0. The van der Waals surface area contributed by atoms with Crippen LogP contribution in [-0.2, 0) is 0 Å². The van der Waals surface area contributed by atoms with Crippen LogP contribution in [0.4, 0.5) is 17.1 Å². The average Bonchev–Trinajstić information content (AvgIpc) is 3.72. The van der Waals surface area contributed by atoms with E-state index in [1.165, 1.54) is 60.0 Å². The Hall–Kier alpha value is -7.94. The van der Waals surface area contributed by atoms with E-state index in [-0.39, 0.29) is 0 Å². The summed E-state index contributed by atoms with van der Waals surface area (Å²) in [5.74, 6) is 0. The molecule has 0 unspecified atom stereocenters. The molecule has 0 N–H and O–H groups in total. The van der Waals surface area contributed by atoms with E-state index in [0.29, 0.717) is 0 Å². The Labute approximate surface area is 347 Å². The van der Waals surface area contributed by atoms with E-state index in [4.69, 9.17) is 4.42 Å². The quantitative estimate of drug-likeness (QED) is 0.157. The highest BCUT2D eigenvalue weighted by Crippen LogP contribution is 2.45. The molecule has 0 radical (unpaired) electrons. The van der Waals surface area contributed by atoms with Crippen LogP contribution >= 0.6 is 0 Å². The van der Waals surface area contributed by atoms with Gasteiger partial charge in [0.05, 0.1) is 5.69 Å². The average molecular weight is 764 g/mol. The fourth-order valence-corrected chi connectivity index (χ4v) is 9.45. The maximum atomic E-state index is 6.57. The third kappa shape index (κ3) is 5.50. The summed E-state index contributed by atoms with van der Waals surface area (Å²) in [5, 5.41) is 12.1. The van der Waals surface area contributed by atoms with Crippen molar-refractivity contribution in [2.45, 2.75) is 0 Å². The van der Waals surface area contributed by atoms with Gasteiger partial charge < -0.3 is 9.32 Å². The molecule has 60 heavy (non-hydrogen) atoms. The minimum absolute atomic E-state index is 0.896. The number of fused-ring (bicyclic) bond motifs is 9. The number of rotatable bonds is 6. The molecule has 0 spiro atoms. The highest BCUT2D eigenvalue weighted by Gasteiger charge is 2.20. The summed E-state index contributed by atoms with van der Waals surface area (Å²) < 4.78 is 6.57. The molecule has 0 aliphatic rings. The summed E-state index contributed by atoms with van der Waals surface area (Å²) >= 11 is 0. The van der Waals surface area contributed by atoms with Gasteiger partial charge in [-0.15, -0.1) is 0 Å². The molecule has 1 aromatic heterocycles. The van der Waals surface area contributed by atoms with Crippen LogP contribution in [0, 0.1) is 0 Å². The predicted octanol–water partition coefficient (Wildman–Crippen LogP) is 16.7. The Morgan fingerprint density at radius 3 is 1.55 bits per heavy atom. The molecule has 0 bridgehead atoms. The van der Waals surface area contributed by atoms with Gasteiger partial charge in [-0.2, -0.15) is 0 Å². The Morgan fingerprint density at radius 2 is 0.783 bits per heavy atom. The largest absolute Gasteiger partial charge is 0.455 e. The van der Waals surface area contributed by atoms with Crippen molar-refractivity contribution in [3.63, 3.8) is 0 Å². The molecule has 11 aromatic carbocycles. The molecule has 0 fully saturated rings.